The van der Waals surface area contributed by atoms with Crippen LogP contribution in [0, 0.1) is 17.8 Å². The number of nitrogens with zero attached hydrogens (tertiary/aromatic N) is 1. The second-order valence-corrected chi connectivity index (χ2v) is 13.5. The fraction of sp³-hybridized carbons (Fsp3) is 0.448. The summed E-state index contributed by atoms with van der Waals surface area (Å²) < 4.78 is 1.74. The number of carbonyl (C=O) groups is 1. The Morgan fingerprint density at radius 2 is 1.74 bits per heavy atom. The third-order valence-corrected chi connectivity index (χ3v) is 11.0. The molecule has 2 fully saturated rings. The summed E-state index contributed by atoms with van der Waals surface area (Å²) in [5.41, 5.74) is 3.53. The molecule has 0 saturated heterocycles. The van der Waals surface area contributed by atoms with E-state index in [2.05, 4.69) is 50.4 Å². The molecule has 1 amide bonds. The number of amides is 1. The molecule has 2 bridgehead atoms. The number of fused-ring (bicyclic) bond motifs is 6. The normalized spacial score (nSPS) is 26.9. The SMILES string of the molecule is CC(C)(C)c1ccc([C@@H]2c3sc(=O)n(CC(=O)Nc4ccccc4)c3SC3C4CCC(C4)C32)cc1. The van der Waals surface area contributed by atoms with Crippen LogP contribution in [0.1, 0.15) is 62.0 Å². The molecule has 2 saturated carbocycles. The molecule has 182 valence electrons. The lowest BCUT2D eigenvalue weighted by Crippen LogP contribution is -2.35. The van der Waals surface area contributed by atoms with Crippen molar-refractivity contribution in [3.8, 4) is 0 Å². The molecule has 1 N–H and O–H groups in total. The molecule has 4 unspecified atom stereocenters. The van der Waals surface area contributed by atoms with E-state index in [1.165, 1.54) is 46.6 Å². The van der Waals surface area contributed by atoms with Gasteiger partial charge in [0.15, 0.2) is 0 Å². The van der Waals surface area contributed by atoms with Crippen LogP contribution in [0.5, 0.6) is 0 Å². The van der Waals surface area contributed by atoms with Gasteiger partial charge in [-0.15, -0.1) is 11.8 Å². The predicted molar refractivity (Wildman–Crippen MR) is 145 cm³/mol. The van der Waals surface area contributed by atoms with E-state index in [1.54, 1.807) is 4.57 Å². The minimum absolute atomic E-state index is 0.0191. The molecule has 3 aromatic rings. The number of benzene rings is 2. The van der Waals surface area contributed by atoms with E-state index in [0.29, 0.717) is 11.2 Å². The number of thioether (sulfide) groups is 1. The molecule has 1 aromatic heterocycles. The highest BCUT2D eigenvalue weighted by atomic mass is 32.2. The molecule has 1 aliphatic heterocycles. The van der Waals surface area contributed by atoms with Gasteiger partial charge in [-0.1, -0.05) is 74.6 Å². The number of aromatic nitrogens is 1. The zero-order valence-electron chi connectivity index (χ0n) is 20.5. The van der Waals surface area contributed by atoms with Crippen LogP contribution < -0.4 is 10.2 Å². The summed E-state index contributed by atoms with van der Waals surface area (Å²) in [5.74, 6) is 2.14. The molecule has 2 heterocycles. The molecule has 6 heteroatoms. The Bertz CT molecular complexity index is 1300. The predicted octanol–water partition coefficient (Wildman–Crippen LogP) is 6.50. The molecule has 5 atom stereocenters. The van der Waals surface area contributed by atoms with E-state index in [1.807, 2.05) is 42.1 Å². The van der Waals surface area contributed by atoms with Gasteiger partial charge < -0.3 is 5.32 Å². The largest absolute Gasteiger partial charge is 0.325 e. The third kappa shape index (κ3) is 4.09. The van der Waals surface area contributed by atoms with Crippen molar-refractivity contribution in [2.75, 3.05) is 5.32 Å². The minimum Gasteiger partial charge on any atom is -0.325 e. The number of para-hydroxylation sites is 1. The number of rotatable bonds is 4. The zero-order valence-corrected chi connectivity index (χ0v) is 22.1. The van der Waals surface area contributed by atoms with Gasteiger partial charge >= 0.3 is 4.87 Å². The first kappa shape index (κ1) is 23.1. The van der Waals surface area contributed by atoms with Crippen molar-refractivity contribution in [3.05, 3.63) is 80.3 Å². The first-order valence-electron chi connectivity index (χ1n) is 12.6. The average Bonchev–Trinajstić information content (AvgIpc) is 3.52. The van der Waals surface area contributed by atoms with Gasteiger partial charge in [0.05, 0.1) is 5.03 Å². The first-order chi connectivity index (χ1) is 16.8. The molecule has 2 aromatic carbocycles. The lowest BCUT2D eigenvalue weighted by molar-refractivity contribution is -0.116. The van der Waals surface area contributed by atoms with Gasteiger partial charge in [0.2, 0.25) is 5.91 Å². The van der Waals surface area contributed by atoms with Crippen LogP contribution in [0.4, 0.5) is 5.69 Å². The number of hydrogen-bond donors (Lipinski definition) is 1. The van der Waals surface area contributed by atoms with Gasteiger partial charge in [-0.05, 0) is 65.7 Å². The second-order valence-electron chi connectivity index (χ2n) is 11.4. The van der Waals surface area contributed by atoms with Crippen molar-refractivity contribution in [1.29, 1.82) is 0 Å². The Kier molecular flexibility index (Phi) is 5.72. The van der Waals surface area contributed by atoms with Crippen LogP contribution in [-0.2, 0) is 16.8 Å². The number of hydrogen-bond acceptors (Lipinski definition) is 4. The maximum Gasteiger partial charge on any atom is 0.308 e. The summed E-state index contributed by atoms with van der Waals surface area (Å²) in [4.78, 5) is 27.3. The highest BCUT2D eigenvalue weighted by Gasteiger charge is 2.55. The van der Waals surface area contributed by atoms with Crippen LogP contribution in [0.2, 0.25) is 0 Å². The van der Waals surface area contributed by atoms with Gasteiger partial charge in [-0.2, -0.15) is 0 Å². The van der Waals surface area contributed by atoms with Gasteiger partial charge in [0, 0.05) is 21.7 Å². The van der Waals surface area contributed by atoms with E-state index in [4.69, 9.17) is 0 Å². The summed E-state index contributed by atoms with van der Waals surface area (Å²) in [6.45, 7) is 6.80. The minimum atomic E-state index is -0.152. The van der Waals surface area contributed by atoms with E-state index in [0.717, 1.165) is 22.5 Å². The summed E-state index contributed by atoms with van der Waals surface area (Å²) in [6.07, 6.45) is 3.92. The third-order valence-electron chi connectivity index (χ3n) is 8.19. The second kappa shape index (κ2) is 8.67. The fourth-order valence-electron chi connectivity index (χ4n) is 6.52. The summed E-state index contributed by atoms with van der Waals surface area (Å²) >= 11 is 3.25. The van der Waals surface area contributed by atoms with Gasteiger partial charge in [-0.3, -0.25) is 14.2 Å². The number of thiazole rings is 1. The van der Waals surface area contributed by atoms with Crippen LogP contribution in [0.15, 0.2) is 64.4 Å². The van der Waals surface area contributed by atoms with Crippen molar-refractivity contribution in [1.82, 2.24) is 4.57 Å². The molecule has 6 rings (SSSR count). The quantitative estimate of drug-likeness (QED) is 0.441. The summed E-state index contributed by atoms with van der Waals surface area (Å²) in [7, 11) is 0. The molecule has 4 nitrogen and oxygen atoms in total. The van der Waals surface area contributed by atoms with Crippen molar-refractivity contribution in [2.45, 2.75) is 68.2 Å². The molecule has 0 radical (unpaired) electrons. The maximum atomic E-state index is 13.2. The summed E-state index contributed by atoms with van der Waals surface area (Å²) in [5, 5.41) is 4.51. The molecular weight excluding hydrogens is 472 g/mol. The molecule has 3 aliphatic rings. The number of nitrogens with one attached hydrogen (secondary N) is 1. The Balaban J connectivity index is 1.37. The van der Waals surface area contributed by atoms with E-state index in [-0.39, 0.29) is 28.7 Å². The van der Waals surface area contributed by atoms with Crippen LogP contribution >= 0.6 is 23.1 Å². The van der Waals surface area contributed by atoms with E-state index in [9.17, 15) is 9.59 Å². The molecule has 35 heavy (non-hydrogen) atoms. The Labute approximate surface area is 215 Å². The topological polar surface area (TPSA) is 51.1 Å². The standard InChI is InChI=1S/C29H32N2O2S2/c1-29(2,3)20-13-11-17(12-14-20)23-24-18-9-10-19(15-18)25(24)34-27-26(23)35-28(33)31(27)16-22(32)30-21-7-5-4-6-8-21/h4-8,11-14,18-19,23-25H,9-10,15-16H2,1-3H3,(H,30,32)/t18?,19?,23-,24?,25?/m0/s1. The Morgan fingerprint density at radius 1 is 1.03 bits per heavy atom. The average molecular weight is 505 g/mol. The fourth-order valence-corrected chi connectivity index (χ4v) is 9.67. The highest BCUT2D eigenvalue weighted by Crippen LogP contribution is 2.64. The monoisotopic (exact) mass is 504 g/mol. The van der Waals surface area contributed by atoms with Crippen LogP contribution in [0.3, 0.4) is 0 Å². The molecule has 0 spiro atoms. The zero-order chi connectivity index (χ0) is 24.3. The van der Waals surface area contributed by atoms with Crippen molar-refractivity contribution >= 4 is 34.7 Å². The van der Waals surface area contributed by atoms with Gasteiger partial charge in [-0.25, -0.2) is 0 Å². The van der Waals surface area contributed by atoms with Gasteiger partial charge in [0.25, 0.3) is 0 Å². The summed E-state index contributed by atoms with van der Waals surface area (Å²) in [6, 6.07) is 18.6. The highest BCUT2D eigenvalue weighted by molar-refractivity contribution is 8.00. The molecular formula is C29H32N2O2S2. The number of anilines is 1. The first-order valence-corrected chi connectivity index (χ1v) is 14.3. The van der Waals surface area contributed by atoms with Gasteiger partial charge in [0.1, 0.15) is 6.54 Å². The van der Waals surface area contributed by atoms with E-state index < -0.39 is 0 Å². The smallest absolute Gasteiger partial charge is 0.308 e. The molecule has 2 aliphatic carbocycles. The van der Waals surface area contributed by atoms with Crippen molar-refractivity contribution in [2.24, 2.45) is 17.8 Å². The van der Waals surface area contributed by atoms with Crippen LogP contribution in [-0.4, -0.2) is 15.7 Å². The van der Waals surface area contributed by atoms with Crippen LogP contribution in [0.25, 0.3) is 0 Å². The Hall–Kier alpha value is -2.31. The Morgan fingerprint density at radius 3 is 2.46 bits per heavy atom. The maximum absolute atomic E-state index is 13.2. The lowest BCUT2D eigenvalue weighted by Gasteiger charge is -2.40. The van der Waals surface area contributed by atoms with Crippen molar-refractivity contribution < 1.29 is 4.79 Å². The van der Waals surface area contributed by atoms with Crippen molar-refractivity contribution in [3.63, 3.8) is 0 Å². The number of carbonyl (C=O) groups excluding carboxylic acids is 1. The lowest BCUT2D eigenvalue weighted by atomic mass is 9.74. The van der Waals surface area contributed by atoms with E-state index >= 15 is 0 Å².